The van der Waals surface area contributed by atoms with Gasteiger partial charge in [-0.2, -0.15) is 10.2 Å². The van der Waals surface area contributed by atoms with E-state index in [1.54, 1.807) is 51.0 Å². The predicted octanol–water partition coefficient (Wildman–Crippen LogP) is 0.856. The Balaban J connectivity index is 1.89. The summed E-state index contributed by atoms with van der Waals surface area (Å²) >= 11 is 0. The number of amidine groups is 2. The van der Waals surface area contributed by atoms with Gasteiger partial charge in [-0.15, -0.1) is 0 Å². The molecular weight excluding hydrogens is 424 g/mol. The van der Waals surface area contributed by atoms with Crippen molar-refractivity contribution in [1.29, 1.82) is 0 Å². The van der Waals surface area contributed by atoms with Crippen LogP contribution in [0.15, 0.2) is 59.3 Å². The summed E-state index contributed by atoms with van der Waals surface area (Å²) in [7, 11) is 5.52. The van der Waals surface area contributed by atoms with E-state index in [1.807, 2.05) is 12.1 Å². The van der Waals surface area contributed by atoms with Crippen LogP contribution in [0.1, 0.15) is 11.1 Å². The van der Waals surface area contributed by atoms with Crippen molar-refractivity contribution in [2.75, 3.05) is 14.1 Å². The number of pyridine rings is 2. The molecular formula is C18H22N8O2S2. The highest BCUT2D eigenvalue weighted by atomic mass is 33.1. The monoisotopic (exact) mass is 446 g/mol. The van der Waals surface area contributed by atoms with E-state index in [0.717, 1.165) is 32.7 Å². The average Bonchev–Trinajstić information content (AvgIpc) is 2.73. The second kappa shape index (κ2) is 13.2. The highest BCUT2D eigenvalue weighted by Gasteiger charge is 2.13. The lowest BCUT2D eigenvalue weighted by Crippen LogP contribution is -2.33. The molecule has 12 heteroatoms. The van der Waals surface area contributed by atoms with Gasteiger partial charge in [-0.3, -0.25) is 19.6 Å². The number of hydrogen-bond donors (Lipinski definition) is 4. The second-order valence-electron chi connectivity index (χ2n) is 5.62. The largest absolute Gasteiger partial charge is 0.311 e. The number of nitrogens with zero attached hydrogens (tertiary/aromatic N) is 4. The van der Waals surface area contributed by atoms with Crippen molar-refractivity contribution in [3.05, 3.63) is 60.2 Å². The molecule has 0 fully saturated rings. The van der Waals surface area contributed by atoms with Gasteiger partial charge < -0.3 is 21.5 Å². The third kappa shape index (κ3) is 8.92. The van der Waals surface area contributed by atoms with Crippen LogP contribution >= 0.6 is 21.6 Å². The minimum Gasteiger partial charge on any atom is -0.311 e. The first-order valence-electron chi connectivity index (χ1n) is 8.81. The predicted molar refractivity (Wildman–Crippen MR) is 120 cm³/mol. The molecule has 2 aromatic rings. The lowest BCUT2D eigenvalue weighted by Gasteiger charge is -2.10. The lowest BCUT2D eigenvalue weighted by molar-refractivity contribution is -0.119. The zero-order valence-corrected chi connectivity index (χ0v) is 18.1. The normalized spacial score (nSPS) is 11.5. The number of carbonyl (C=O) groups is 2. The zero-order chi connectivity index (χ0) is 21.6. The average molecular weight is 447 g/mol. The molecule has 0 aliphatic heterocycles. The molecule has 0 saturated carbocycles. The number of hydrogen-bond acceptors (Lipinski definition) is 10. The Morgan fingerprint density at radius 1 is 0.833 bits per heavy atom. The van der Waals surface area contributed by atoms with Crippen LogP contribution in [0.3, 0.4) is 0 Å². The van der Waals surface area contributed by atoms with Gasteiger partial charge in [0.2, 0.25) is 11.8 Å². The molecule has 158 valence electrons. The first-order valence-corrected chi connectivity index (χ1v) is 11.0. The number of hydrazone groups is 2. The van der Waals surface area contributed by atoms with Gasteiger partial charge in [-0.1, -0.05) is 12.1 Å². The Kier molecular flexibility index (Phi) is 10.2. The van der Waals surface area contributed by atoms with E-state index >= 15 is 0 Å². The van der Waals surface area contributed by atoms with Crippen molar-refractivity contribution in [3.8, 4) is 0 Å². The third-order valence-corrected chi connectivity index (χ3v) is 5.28. The molecule has 2 heterocycles. The molecule has 0 saturated heterocycles. The molecule has 0 spiro atoms. The maximum atomic E-state index is 12.3. The minimum absolute atomic E-state index is 0.168. The Morgan fingerprint density at radius 2 is 1.27 bits per heavy atom. The quantitative estimate of drug-likeness (QED) is 0.222. The van der Waals surface area contributed by atoms with Crippen molar-refractivity contribution in [2.24, 2.45) is 10.2 Å². The maximum Gasteiger partial charge on any atom is 0.230 e. The molecule has 2 amide bonds. The first kappa shape index (κ1) is 23.2. The first-order chi connectivity index (χ1) is 14.6. The van der Waals surface area contributed by atoms with Crippen LogP contribution in [0.4, 0.5) is 0 Å². The number of rotatable bonds is 6. The standard InChI is InChI=1S/C18H22N8O2S2/c1-19-25-17(23-15(27)9-13-5-3-7-21-11-13)29-30-18(26-20-2)24-16(28)10-14-6-4-8-22-12-14/h3-8,11-12,19-20H,9-10H2,1-2H3,(H,23,25,27)(H,24,26,28). The molecule has 0 aromatic carbocycles. The van der Waals surface area contributed by atoms with Crippen molar-refractivity contribution in [2.45, 2.75) is 12.8 Å². The summed E-state index contributed by atoms with van der Waals surface area (Å²) in [5, 5.41) is 14.2. The second-order valence-corrected chi connectivity index (χ2v) is 7.73. The molecule has 0 aliphatic rings. The molecule has 0 aliphatic carbocycles. The van der Waals surface area contributed by atoms with E-state index < -0.39 is 0 Å². The zero-order valence-electron chi connectivity index (χ0n) is 16.5. The summed E-state index contributed by atoms with van der Waals surface area (Å²) in [6, 6.07) is 7.17. The summed E-state index contributed by atoms with van der Waals surface area (Å²) in [6.45, 7) is 0. The summed E-state index contributed by atoms with van der Waals surface area (Å²) in [5.74, 6) is -0.476. The van der Waals surface area contributed by atoms with Gasteiger partial charge in [0.15, 0.2) is 10.3 Å². The van der Waals surface area contributed by atoms with E-state index in [1.165, 1.54) is 0 Å². The molecule has 10 nitrogen and oxygen atoms in total. The topological polar surface area (TPSA) is 133 Å². The van der Waals surface area contributed by atoms with Crippen LogP contribution < -0.4 is 21.5 Å². The van der Waals surface area contributed by atoms with Gasteiger partial charge in [-0.25, -0.2) is 0 Å². The maximum absolute atomic E-state index is 12.3. The highest BCUT2D eigenvalue weighted by Crippen LogP contribution is 2.22. The van der Waals surface area contributed by atoms with Crippen LogP contribution in [-0.4, -0.2) is 46.2 Å². The van der Waals surface area contributed by atoms with Crippen molar-refractivity contribution in [1.82, 2.24) is 31.5 Å². The van der Waals surface area contributed by atoms with E-state index in [2.05, 4.69) is 41.7 Å². The van der Waals surface area contributed by atoms with Crippen LogP contribution in [-0.2, 0) is 22.4 Å². The van der Waals surface area contributed by atoms with Crippen LogP contribution in [0.5, 0.6) is 0 Å². The van der Waals surface area contributed by atoms with Gasteiger partial charge >= 0.3 is 0 Å². The Labute approximate surface area is 182 Å². The number of aromatic nitrogens is 2. The van der Waals surface area contributed by atoms with Gasteiger partial charge in [0, 0.05) is 38.9 Å². The Bertz CT molecular complexity index is 805. The molecule has 0 bridgehead atoms. The Morgan fingerprint density at radius 3 is 1.60 bits per heavy atom. The smallest absolute Gasteiger partial charge is 0.230 e. The van der Waals surface area contributed by atoms with Gasteiger partial charge in [0.05, 0.1) is 12.8 Å². The van der Waals surface area contributed by atoms with Crippen LogP contribution in [0.25, 0.3) is 0 Å². The summed E-state index contributed by atoms with van der Waals surface area (Å²) in [5.41, 5.74) is 6.86. The van der Waals surface area contributed by atoms with Gasteiger partial charge in [-0.05, 0) is 44.8 Å². The fourth-order valence-electron chi connectivity index (χ4n) is 2.12. The van der Waals surface area contributed by atoms with Gasteiger partial charge in [0.25, 0.3) is 0 Å². The summed E-state index contributed by atoms with van der Waals surface area (Å²) < 4.78 is 0. The molecule has 30 heavy (non-hydrogen) atoms. The summed E-state index contributed by atoms with van der Waals surface area (Å²) in [6.07, 6.45) is 6.89. The van der Waals surface area contributed by atoms with E-state index in [4.69, 9.17) is 0 Å². The summed E-state index contributed by atoms with van der Waals surface area (Å²) in [4.78, 5) is 32.5. The molecule has 2 rings (SSSR count). The Hall–Kier alpha value is -3.12. The SMILES string of the molecule is CN/N=C(/NC(=O)Cc1cccnc1)SS/C(=N\NC)NC(=O)Cc1cccnc1. The fraction of sp³-hybridized carbons (Fsp3) is 0.222. The highest BCUT2D eigenvalue weighted by molar-refractivity contribution is 8.87. The lowest BCUT2D eigenvalue weighted by atomic mass is 10.2. The van der Waals surface area contributed by atoms with Crippen LogP contribution in [0.2, 0.25) is 0 Å². The molecule has 0 radical (unpaired) electrons. The molecule has 0 atom stereocenters. The van der Waals surface area contributed by atoms with E-state index in [0.29, 0.717) is 10.3 Å². The van der Waals surface area contributed by atoms with Crippen molar-refractivity contribution < 1.29 is 9.59 Å². The number of nitrogens with one attached hydrogen (secondary N) is 4. The molecule has 0 unspecified atom stereocenters. The van der Waals surface area contributed by atoms with Crippen molar-refractivity contribution in [3.63, 3.8) is 0 Å². The number of carbonyl (C=O) groups excluding carboxylic acids is 2. The van der Waals surface area contributed by atoms with E-state index in [-0.39, 0.29) is 24.7 Å². The fourth-order valence-corrected chi connectivity index (χ4v) is 3.79. The van der Waals surface area contributed by atoms with Crippen LogP contribution in [0, 0.1) is 0 Å². The third-order valence-electron chi connectivity index (χ3n) is 3.29. The molecule has 2 aromatic heterocycles. The minimum atomic E-state index is -0.238. The van der Waals surface area contributed by atoms with Gasteiger partial charge in [0.1, 0.15) is 0 Å². The number of amides is 2. The van der Waals surface area contributed by atoms with E-state index in [9.17, 15) is 9.59 Å². The van der Waals surface area contributed by atoms with Crippen molar-refractivity contribution >= 4 is 43.7 Å². The molecule has 4 N–H and O–H groups in total.